The minimum atomic E-state index is -0.0875. The Labute approximate surface area is 59.3 Å². The van der Waals surface area contributed by atoms with E-state index in [9.17, 15) is 9.70 Å². The van der Waals surface area contributed by atoms with Crippen molar-refractivity contribution in [1.82, 2.24) is 10.3 Å². The molecule has 5 heteroatoms. The average molecular weight is 145 g/mol. The SMILES string of the molecule is CNC(=O)CCN(C)N=O. The zero-order chi connectivity index (χ0) is 7.98. The Morgan fingerprint density at radius 3 is 2.70 bits per heavy atom. The summed E-state index contributed by atoms with van der Waals surface area (Å²) in [7, 11) is 3.08. The highest BCUT2D eigenvalue weighted by atomic mass is 16.3. The second kappa shape index (κ2) is 4.72. The van der Waals surface area contributed by atoms with Crippen LogP contribution in [0.3, 0.4) is 0 Å². The van der Waals surface area contributed by atoms with Crippen LogP contribution in [0.1, 0.15) is 6.42 Å². The van der Waals surface area contributed by atoms with E-state index in [1.165, 1.54) is 12.1 Å². The molecule has 0 aliphatic heterocycles. The van der Waals surface area contributed by atoms with E-state index >= 15 is 0 Å². The van der Waals surface area contributed by atoms with Gasteiger partial charge in [0.05, 0.1) is 5.29 Å². The average Bonchev–Trinajstić information content (AvgIpc) is 1.99. The summed E-state index contributed by atoms with van der Waals surface area (Å²) in [5.74, 6) is -0.0875. The Hall–Kier alpha value is -1.13. The van der Waals surface area contributed by atoms with Crippen LogP contribution in [0.15, 0.2) is 5.29 Å². The standard InChI is InChI=1S/C5H11N3O2/c1-6-5(9)3-4-8(2)7-10/h3-4H2,1-2H3,(H,6,9). The summed E-state index contributed by atoms with van der Waals surface area (Å²) < 4.78 is 0. The van der Waals surface area contributed by atoms with Crippen molar-refractivity contribution in [3.05, 3.63) is 4.91 Å². The van der Waals surface area contributed by atoms with E-state index in [4.69, 9.17) is 0 Å². The minimum absolute atomic E-state index is 0.0875. The normalized spacial score (nSPS) is 8.60. The fourth-order valence-electron chi connectivity index (χ4n) is 0.429. The molecule has 5 nitrogen and oxygen atoms in total. The molecule has 58 valence electrons. The van der Waals surface area contributed by atoms with Crippen LogP contribution in [-0.4, -0.2) is 31.6 Å². The van der Waals surface area contributed by atoms with Gasteiger partial charge in [-0.3, -0.25) is 9.80 Å². The van der Waals surface area contributed by atoms with Crippen LogP contribution in [0.5, 0.6) is 0 Å². The van der Waals surface area contributed by atoms with Crippen molar-refractivity contribution in [2.45, 2.75) is 6.42 Å². The summed E-state index contributed by atoms with van der Waals surface area (Å²) >= 11 is 0. The first-order valence-corrected chi connectivity index (χ1v) is 2.95. The molecule has 0 unspecified atom stereocenters. The van der Waals surface area contributed by atoms with Crippen LogP contribution in [0.25, 0.3) is 0 Å². The van der Waals surface area contributed by atoms with Crippen LogP contribution in [0, 0.1) is 4.91 Å². The van der Waals surface area contributed by atoms with Crippen molar-refractivity contribution >= 4 is 5.91 Å². The van der Waals surface area contributed by atoms with Crippen molar-refractivity contribution in [1.29, 1.82) is 0 Å². The molecule has 0 aromatic rings. The molecular weight excluding hydrogens is 134 g/mol. The molecule has 0 aromatic carbocycles. The molecule has 0 heterocycles. The topological polar surface area (TPSA) is 61.8 Å². The first-order valence-electron chi connectivity index (χ1n) is 2.95. The third kappa shape index (κ3) is 3.82. The van der Waals surface area contributed by atoms with Gasteiger partial charge >= 0.3 is 0 Å². The zero-order valence-electron chi connectivity index (χ0n) is 6.13. The highest BCUT2D eigenvalue weighted by Gasteiger charge is 1.99. The number of rotatable bonds is 4. The van der Waals surface area contributed by atoms with Crippen LogP contribution in [-0.2, 0) is 4.79 Å². The van der Waals surface area contributed by atoms with Gasteiger partial charge in [-0.25, -0.2) is 0 Å². The van der Waals surface area contributed by atoms with Gasteiger partial charge in [-0.2, -0.15) is 0 Å². The van der Waals surface area contributed by atoms with Crippen molar-refractivity contribution in [2.75, 3.05) is 20.6 Å². The zero-order valence-corrected chi connectivity index (χ0v) is 6.13. The monoisotopic (exact) mass is 145 g/mol. The Bertz CT molecular complexity index is 126. The predicted octanol–water partition coefficient (Wildman–Crippen LogP) is -0.264. The van der Waals surface area contributed by atoms with Crippen LogP contribution >= 0.6 is 0 Å². The minimum Gasteiger partial charge on any atom is -0.359 e. The number of carbonyl (C=O) groups is 1. The Kier molecular flexibility index (Phi) is 4.19. The lowest BCUT2D eigenvalue weighted by atomic mass is 10.4. The number of nitrogens with one attached hydrogen (secondary N) is 1. The first-order chi connectivity index (χ1) is 4.70. The quantitative estimate of drug-likeness (QED) is 0.437. The number of hydrogen-bond donors (Lipinski definition) is 1. The van der Waals surface area contributed by atoms with E-state index in [0.717, 1.165) is 0 Å². The molecule has 0 atom stereocenters. The summed E-state index contributed by atoms with van der Waals surface area (Å²) in [6, 6.07) is 0. The van der Waals surface area contributed by atoms with Crippen molar-refractivity contribution in [2.24, 2.45) is 5.29 Å². The van der Waals surface area contributed by atoms with Crippen molar-refractivity contribution < 1.29 is 4.79 Å². The van der Waals surface area contributed by atoms with E-state index in [-0.39, 0.29) is 5.91 Å². The molecular formula is C5H11N3O2. The molecule has 0 radical (unpaired) electrons. The third-order valence-corrected chi connectivity index (χ3v) is 1.08. The second-order valence-electron chi connectivity index (χ2n) is 1.89. The Morgan fingerprint density at radius 1 is 1.70 bits per heavy atom. The number of hydrogen-bond acceptors (Lipinski definition) is 3. The molecule has 0 rings (SSSR count). The summed E-state index contributed by atoms with van der Waals surface area (Å²) in [5.41, 5.74) is 0. The van der Waals surface area contributed by atoms with Gasteiger partial charge in [0.15, 0.2) is 0 Å². The van der Waals surface area contributed by atoms with Crippen LogP contribution in [0.2, 0.25) is 0 Å². The van der Waals surface area contributed by atoms with Gasteiger partial charge in [0.2, 0.25) is 5.91 Å². The van der Waals surface area contributed by atoms with Gasteiger partial charge in [-0.05, 0) is 0 Å². The lowest BCUT2D eigenvalue weighted by Gasteiger charge is -2.05. The Balaban J connectivity index is 3.34. The lowest BCUT2D eigenvalue weighted by molar-refractivity contribution is -0.120. The van der Waals surface area contributed by atoms with Gasteiger partial charge < -0.3 is 5.32 Å². The molecule has 0 saturated carbocycles. The van der Waals surface area contributed by atoms with Crippen LogP contribution < -0.4 is 5.32 Å². The Morgan fingerprint density at radius 2 is 2.30 bits per heavy atom. The predicted molar refractivity (Wildman–Crippen MR) is 37.1 cm³/mol. The summed E-state index contributed by atoms with van der Waals surface area (Å²) in [6.07, 6.45) is 0.304. The first kappa shape index (κ1) is 8.87. The van der Waals surface area contributed by atoms with Gasteiger partial charge in [0.1, 0.15) is 0 Å². The van der Waals surface area contributed by atoms with Gasteiger partial charge in [0, 0.05) is 27.1 Å². The molecule has 10 heavy (non-hydrogen) atoms. The fraction of sp³-hybridized carbons (Fsp3) is 0.800. The number of nitrogens with zero attached hydrogens (tertiary/aromatic N) is 2. The number of carbonyl (C=O) groups excluding carboxylic acids is 1. The lowest BCUT2D eigenvalue weighted by Crippen LogP contribution is -2.23. The summed E-state index contributed by atoms with van der Waals surface area (Å²) in [6.45, 7) is 0.364. The highest BCUT2D eigenvalue weighted by molar-refractivity contribution is 5.75. The maximum Gasteiger partial charge on any atom is 0.221 e. The molecule has 1 N–H and O–H groups in total. The molecule has 0 saturated heterocycles. The molecule has 0 fully saturated rings. The van der Waals surface area contributed by atoms with Gasteiger partial charge in [-0.15, -0.1) is 4.91 Å². The van der Waals surface area contributed by atoms with Crippen molar-refractivity contribution in [3.8, 4) is 0 Å². The molecule has 0 aliphatic rings. The maximum absolute atomic E-state index is 10.6. The third-order valence-electron chi connectivity index (χ3n) is 1.08. The summed E-state index contributed by atoms with van der Waals surface area (Å²) in [5, 5.41) is 6.21. The highest BCUT2D eigenvalue weighted by Crippen LogP contribution is 1.85. The molecule has 0 bridgehead atoms. The van der Waals surface area contributed by atoms with Crippen LogP contribution in [0.4, 0.5) is 0 Å². The van der Waals surface area contributed by atoms with Gasteiger partial charge in [-0.1, -0.05) is 0 Å². The summed E-state index contributed by atoms with van der Waals surface area (Å²) in [4.78, 5) is 20.3. The maximum atomic E-state index is 10.6. The van der Waals surface area contributed by atoms with E-state index in [0.29, 0.717) is 13.0 Å². The smallest absolute Gasteiger partial charge is 0.221 e. The van der Waals surface area contributed by atoms with E-state index < -0.39 is 0 Å². The number of amides is 1. The van der Waals surface area contributed by atoms with Gasteiger partial charge in [0.25, 0.3) is 0 Å². The number of nitroso groups, excluding NO2 is 1. The van der Waals surface area contributed by atoms with E-state index in [1.807, 2.05) is 0 Å². The fourth-order valence-corrected chi connectivity index (χ4v) is 0.429. The second-order valence-corrected chi connectivity index (χ2v) is 1.89. The molecule has 0 aliphatic carbocycles. The van der Waals surface area contributed by atoms with E-state index in [1.54, 1.807) is 7.05 Å². The van der Waals surface area contributed by atoms with E-state index in [2.05, 4.69) is 10.6 Å². The molecule has 0 spiro atoms. The largest absolute Gasteiger partial charge is 0.359 e. The molecule has 1 amide bonds. The molecule has 0 aromatic heterocycles. The van der Waals surface area contributed by atoms with Crippen molar-refractivity contribution in [3.63, 3.8) is 0 Å².